The van der Waals surface area contributed by atoms with E-state index in [2.05, 4.69) is 53.0 Å². The molecule has 0 bridgehead atoms. The van der Waals surface area contributed by atoms with Crippen molar-refractivity contribution >= 4 is 5.96 Å². The van der Waals surface area contributed by atoms with Crippen LogP contribution in [0.2, 0.25) is 0 Å². The highest BCUT2D eigenvalue weighted by molar-refractivity contribution is 5.79. The van der Waals surface area contributed by atoms with E-state index in [1.807, 2.05) is 0 Å². The van der Waals surface area contributed by atoms with Crippen LogP contribution in [0.1, 0.15) is 39.7 Å². The van der Waals surface area contributed by atoms with Gasteiger partial charge in [0.05, 0.1) is 7.11 Å². The molecule has 28 heavy (non-hydrogen) atoms. The zero-order valence-electron chi connectivity index (χ0n) is 17.8. The third-order valence-corrected chi connectivity index (χ3v) is 4.37. The van der Waals surface area contributed by atoms with E-state index in [0.717, 1.165) is 19.5 Å². The molecular weight excluding hydrogens is 366 g/mol. The number of guanidine groups is 1. The van der Waals surface area contributed by atoms with Crippen molar-refractivity contribution < 1.29 is 18.3 Å². The summed E-state index contributed by atoms with van der Waals surface area (Å²) in [5, 5.41) is 6.38. The minimum atomic E-state index is -2.90. The van der Waals surface area contributed by atoms with Crippen molar-refractivity contribution in [1.82, 2.24) is 15.5 Å². The lowest BCUT2D eigenvalue weighted by Crippen LogP contribution is -2.41. The van der Waals surface area contributed by atoms with Crippen LogP contribution in [0, 0.1) is 0 Å². The zero-order chi connectivity index (χ0) is 21.1. The molecule has 1 rings (SSSR count). The van der Waals surface area contributed by atoms with Crippen molar-refractivity contribution in [2.45, 2.75) is 59.4 Å². The lowest BCUT2D eigenvalue weighted by Gasteiger charge is -2.30. The van der Waals surface area contributed by atoms with Gasteiger partial charge in [-0.05, 0) is 46.2 Å². The maximum atomic E-state index is 12.7. The molecule has 0 heterocycles. The maximum absolute atomic E-state index is 12.7. The third-order valence-electron chi connectivity index (χ3n) is 4.37. The second-order valence-corrected chi connectivity index (χ2v) is 6.98. The van der Waals surface area contributed by atoms with E-state index < -0.39 is 6.61 Å². The van der Waals surface area contributed by atoms with Crippen LogP contribution < -0.4 is 20.1 Å². The number of alkyl halides is 2. The summed E-state index contributed by atoms with van der Waals surface area (Å²) in [5.74, 6) is 1.16. The van der Waals surface area contributed by atoms with Crippen LogP contribution in [0.4, 0.5) is 8.78 Å². The average Bonchev–Trinajstić information content (AvgIpc) is 2.63. The molecule has 1 aromatic carbocycles. The first-order chi connectivity index (χ1) is 13.3. The van der Waals surface area contributed by atoms with Gasteiger partial charge in [0, 0.05) is 50.4 Å². The number of benzene rings is 1. The SMILES string of the molecule is CN=C(NCCCN(C(C)C)C(C)C)NCc1ccc(OC)cc1OC(F)F. The normalized spacial score (nSPS) is 12.2. The van der Waals surface area contributed by atoms with Gasteiger partial charge in [-0.1, -0.05) is 0 Å². The average molecular weight is 401 g/mol. The fourth-order valence-electron chi connectivity index (χ4n) is 2.99. The number of hydrogen-bond donors (Lipinski definition) is 2. The van der Waals surface area contributed by atoms with Crippen LogP contribution in [0.15, 0.2) is 23.2 Å². The Labute approximate surface area is 167 Å². The van der Waals surface area contributed by atoms with Crippen molar-refractivity contribution in [1.29, 1.82) is 0 Å². The molecule has 0 aromatic heterocycles. The summed E-state index contributed by atoms with van der Waals surface area (Å²) < 4.78 is 35.0. The van der Waals surface area contributed by atoms with Gasteiger partial charge in [-0.2, -0.15) is 8.78 Å². The third kappa shape index (κ3) is 8.29. The smallest absolute Gasteiger partial charge is 0.387 e. The number of methoxy groups -OCH3 is 1. The second-order valence-electron chi connectivity index (χ2n) is 6.98. The molecule has 0 saturated carbocycles. The molecule has 0 aliphatic rings. The summed E-state index contributed by atoms with van der Waals surface area (Å²) in [4.78, 5) is 6.62. The van der Waals surface area contributed by atoms with Gasteiger partial charge in [0.2, 0.25) is 0 Å². The number of rotatable bonds is 11. The van der Waals surface area contributed by atoms with Gasteiger partial charge in [-0.3, -0.25) is 9.89 Å². The first-order valence-corrected chi connectivity index (χ1v) is 9.60. The first kappa shape index (κ1) is 23.9. The van der Waals surface area contributed by atoms with E-state index in [1.54, 1.807) is 19.2 Å². The molecule has 2 N–H and O–H groups in total. The Morgan fingerprint density at radius 2 is 1.82 bits per heavy atom. The molecule has 0 radical (unpaired) electrons. The minimum absolute atomic E-state index is 0.0850. The minimum Gasteiger partial charge on any atom is -0.497 e. The van der Waals surface area contributed by atoms with E-state index >= 15 is 0 Å². The number of nitrogens with zero attached hydrogens (tertiary/aromatic N) is 2. The van der Waals surface area contributed by atoms with Crippen LogP contribution in [0.3, 0.4) is 0 Å². The van der Waals surface area contributed by atoms with Gasteiger partial charge in [0.25, 0.3) is 0 Å². The molecule has 0 spiro atoms. The lowest BCUT2D eigenvalue weighted by molar-refractivity contribution is -0.0505. The van der Waals surface area contributed by atoms with Crippen molar-refractivity contribution in [3.05, 3.63) is 23.8 Å². The van der Waals surface area contributed by atoms with Crippen LogP contribution in [0.5, 0.6) is 11.5 Å². The van der Waals surface area contributed by atoms with Gasteiger partial charge in [0.15, 0.2) is 5.96 Å². The Balaban J connectivity index is 2.56. The number of ether oxygens (including phenoxy) is 2. The molecule has 0 unspecified atom stereocenters. The highest BCUT2D eigenvalue weighted by atomic mass is 19.3. The standard InChI is InChI=1S/C20H34F2N4O2/c1-14(2)26(15(3)4)11-7-10-24-20(23-5)25-13-16-8-9-17(27-6)12-18(16)28-19(21)22/h8-9,12,14-15,19H,7,10-11,13H2,1-6H3,(H2,23,24,25). The van der Waals surface area contributed by atoms with Gasteiger partial charge >= 0.3 is 6.61 Å². The van der Waals surface area contributed by atoms with Gasteiger partial charge in [0.1, 0.15) is 11.5 Å². The van der Waals surface area contributed by atoms with Crippen LogP contribution in [-0.2, 0) is 6.54 Å². The predicted molar refractivity (Wildman–Crippen MR) is 109 cm³/mol. The second kappa shape index (κ2) is 12.4. The lowest BCUT2D eigenvalue weighted by atomic mass is 10.2. The number of nitrogens with one attached hydrogen (secondary N) is 2. The molecule has 0 atom stereocenters. The Kier molecular flexibility index (Phi) is 10.6. The monoisotopic (exact) mass is 400 g/mol. The summed E-state index contributed by atoms with van der Waals surface area (Å²) in [6.45, 7) is 7.94. The zero-order valence-corrected chi connectivity index (χ0v) is 17.8. The van der Waals surface area contributed by atoms with Crippen LogP contribution in [-0.4, -0.2) is 56.8 Å². The summed E-state index contributed by atoms with van der Waals surface area (Å²) in [6, 6.07) is 5.85. The van der Waals surface area contributed by atoms with E-state index in [9.17, 15) is 8.78 Å². The largest absolute Gasteiger partial charge is 0.497 e. The molecule has 0 amide bonds. The highest BCUT2D eigenvalue weighted by Gasteiger charge is 2.13. The fourth-order valence-corrected chi connectivity index (χ4v) is 2.99. The topological polar surface area (TPSA) is 58.1 Å². The van der Waals surface area contributed by atoms with Gasteiger partial charge < -0.3 is 20.1 Å². The van der Waals surface area contributed by atoms with Crippen molar-refractivity contribution in [3.63, 3.8) is 0 Å². The molecule has 0 saturated heterocycles. The molecular formula is C20H34F2N4O2. The fraction of sp³-hybridized carbons (Fsp3) is 0.650. The maximum Gasteiger partial charge on any atom is 0.387 e. The van der Waals surface area contributed by atoms with Gasteiger partial charge in [-0.25, -0.2) is 0 Å². The summed E-state index contributed by atoms with van der Waals surface area (Å²) >= 11 is 0. The molecule has 0 fully saturated rings. The summed E-state index contributed by atoms with van der Waals surface area (Å²) in [5.41, 5.74) is 0.592. The molecule has 0 aliphatic heterocycles. The summed E-state index contributed by atoms with van der Waals surface area (Å²) in [7, 11) is 3.15. The molecule has 8 heteroatoms. The Hall–Kier alpha value is -2.09. The van der Waals surface area contributed by atoms with Crippen LogP contribution >= 0.6 is 0 Å². The van der Waals surface area contributed by atoms with E-state index in [1.165, 1.54) is 13.2 Å². The molecule has 0 aliphatic carbocycles. The van der Waals surface area contributed by atoms with E-state index in [-0.39, 0.29) is 5.75 Å². The Morgan fingerprint density at radius 1 is 1.14 bits per heavy atom. The number of aliphatic imine (C=N–C) groups is 1. The van der Waals surface area contributed by atoms with Gasteiger partial charge in [-0.15, -0.1) is 0 Å². The quantitative estimate of drug-likeness (QED) is 0.338. The summed E-state index contributed by atoms with van der Waals surface area (Å²) in [6.07, 6.45) is 0.972. The van der Waals surface area contributed by atoms with Crippen molar-refractivity contribution in [2.75, 3.05) is 27.2 Å². The number of hydrogen-bond acceptors (Lipinski definition) is 4. The predicted octanol–water partition coefficient (Wildman–Crippen LogP) is 3.47. The van der Waals surface area contributed by atoms with E-state index in [4.69, 9.17) is 4.74 Å². The number of halogens is 2. The van der Waals surface area contributed by atoms with E-state index in [0.29, 0.717) is 35.9 Å². The molecule has 160 valence electrons. The van der Waals surface area contributed by atoms with Crippen molar-refractivity contribution in [2.24, 2.45) is 4.99 Å². The first-order valence-electron chi connectivity index (χ1n) is 9.60. The Bertz CT molecular complexity index is 602. The van der Waals surface area contributed by atoms with Crippen molar-refractivity contribution in [3.8, 4) is 11.5 Å². The molecule has 1 aromatic rings. The Morgan fingerprint density at radius 3 is 2.36 bits per heavy atom. The molecule has 6 nitrogen and oxygen atoms in total. The van der Waals surface area contributed by atoms with Crippen LogP contribution in [0.25, 0.3) is 0 Å². The highest BCUT2D eigenvalue weighted by Crippen LogP contribution is 2.26.